The highest BCUT2D eigenvalue weighted by molar-refractivity contribution is 5.90. The summed E-state index contributed by atoms with van der Waals surface area (Å²) in [5.41, 5.74) is 1.10. The highest BCUT2D eigenvalue weighted by Crippen LogP contribution is 2.34. The SMILES string of the molecule is C[C@@H]1CO[C@@H](c2ccccc2)CN1C(=O)[C@@H]1CCCN1C(=O)C1CC1. The molecule has 0 spiro atoms. The van der Waals surface area contributed by atoms with Crippen molar-refractivity contribution in [2.24, 2.45) is 5.92 Å². The van der Waals surface area contributed by atoms with Crippen LogP contribution in [0.2, 0.25) is 0 Å². The fourth-order valence-electron chi connectivity index (χ4n) is 3.98. The summed E-state index contributed by atoms with van der Waals surface area (Å²) in [6.07, 6.45) is 3.60. The zero-order valence-corrected chi connectivity index (χ0v) is 14.8. The van der Waals surface area contributed by atoms with Gasteiger partial charge >= 0.3 is 0 Å². The zero-order valence-electron chi connectivity index (χ0n) is 14.8. The molecule has 1 aliphatic carbocycles. The summed E-state index contributed by atoms with van der Waals surface area (Å²) in [6.45, 7) is 3.86. The number of carbonyl (C=O) groups is 2. The van der Waals surface area contributed by atoms with Crippen molar-refractivity contribution in [2.45, 2.75) is 50.8 Å². The first kappa shape index (κ1) is 16.6. The lowest BCUT2D eigenvalue weighted by Crippen LogP contribution is -2.55. The van der Waals surface area contributed by atoms with Gasteiger partial charge in [-0.3, -0.25) is 9.59 Å². The van der Waals surface area contributed by atoms with Gasteiger partial charge in [0.1, 0.15) is 12.1 Å². The lowest BCUT2D eigenvalue weighted by Gasteiger charge is -2.40. The van der Waals surface area contributed by atoms with E-state index >= 15 is 0 Å². The van der Waals surface area contributed by atoms with Crippen LogP contribution in [0.4, 0.5) is 0 Å². The van der Waals surface area contributed by atoms with Crippen LogP contribution in [-0.2, 0) is 14.3 Å². The molecular formula is C20H26N2O3. The predicted molar refractivity (Wildman–Crippen MR) is 93.8 cm³/mol. The molecule has 3 aliphatic rings. The molecule has 3 atom stereocenters. The van der Waals surface area contributed by atoms with Crippen molar-refractivity contribution in [1.29, 1.82) is 0 Å². The van der Waals surface area contributed by atoms with E-state index in [1.165, 1.54) is 0 Å². The second kappa shape index (κ2) is 6.79. The molecule has 1 aromatic carbocycles. The lowest BCUT2D eigenvalue weighted by atomic mass is 10.0. The van der Waals surface area contributed by atoms with Crippen LogP contribution < -0.4 is 0 Å². The minimum atomic E-state index is -0.273. The molecule has 0 bridgehead atoms. The first-order valence-corrected chi connectivity index (χ1v) is 9.42. The number of amides is 2. The predicted octanol–water partition coefficient (Wildman–Crippen LogP) is 2.38. The van der Waals surface area contributed by atoms with E-state index in [9.17, 15) is 9.59 Å². The monoisotopic (exact) mass is 342 g/mol. The summed E-state index contributed by atoms with van der Waals surface area (Å²) in [5.74, 6) is 0.465. The standard InChI is InChI=1S/C20H26N2O3/c1-14-13-25-18(15-6-3-2-4-7-15)12-22(14)20(24)17-8-5-11-21(17)19(23)16-9-10-16/h2-4,6-7,14,16-18H,5,8-13H2,1H3/t14-,17+,18-/m1/s1. The van der Waals surface area contributed by atoms with Crippen LogP contribution in [0.1, 0.15) is 44.3 Å². The van der Waals surface area contributed by atoms with Crippen LogP contribution >= 0.6 is 0 Å². The molecule has 0 aromatic heterocycles. The number of hydrogen-bond donors (Lipinski definition) is 0. The number of benzene rings is 1. The highest BCUT2D eigenvalue weighted by atomic mass is 16.5. The third kappa shape index (κ3) is 3.30. The molecule has 2 amide bonds. The van der Waals surface area contributed by atoms with Gasteiger partial charge in [-0.1, -0.05) is 30.3 Å². The first-order chi connectivity index (χ1) is 12.1. The van der Waals surface area contributed by atoms with Crippen molar-refractivity contribution in [3.05, 3.63) is 35.9 Å². The van der Waals surface area contributed by atoms with Gasteiger partial charge in [-0.15, -0.1) is 0 Å². The molecule has 2 aliphatic heterocycles. The second-order valence-electron chi connectivity index (χ2n) is 7.54. The molecule has 5 heteroatoms. The summed E-state index contributed by atoms with van der Waals surface area (Å²) < 4.78 is 5.97. The fraction of sp³-hybridized carbons (Fsp3) is 0.600. The molecule has 4 rings (SSSR count). The smallest absolute Gasteiger partial charge is 0.245 e. The van der Waals surface area contributed by atoms with Crippen LogP contribution in [0.25, 0.3) is 0 Å². The Morgan fingerprint density at radius 3 is 2.52 bits per heavy atom. The van der Waals surface area contributed by atoms with Gasteiger partial charge in [-0.2, -0.15) is 0 Å². The van der Waals surface area contributed by atoms with E-state index in [1.54, 1.807) is 0 Å². The average molecular weight is 342 g/mol. The van der Waals surface area contributed by atoms with E-state index in [4.69, 9.17) is 4.74 Å². The molecule has 2 saturated heterocycles. The Bertz CT molecular complexity index is 644. The molecule has 134 valence electrons. The van der Waals surface area contributed by atoms with E-state index in [-0.39, 0.29) is 35.9 Å². The largest absolute Gasteiger partial charge is 0.370 e. The molecule has 0 unspecified atom stereocenters. The van der Waals surface area contributed by atoms with Crippen LogP contribution in [0.15, 0.2) is 30.3 Å². The minimum Gasteiger partial charge on any atom is -0.370 e. The maximum atomic E-state index is 13.2. The fourth-order valence-corrected chi connectivity index (χ4v) is 3.98. The molecule has 0 N–H and O–H groups in total. The molecule has 1 aromatic rings. The normalized spacial score (nSPS) is 29.7. The number of rotatable bonds is 3. The number of likely N-dealkylation sites (tertiary alicyclic amines) is 1. The lowest BCUT2D eigenvalue weighted by molar-refractivity contribution is -0.153. The summed E-state index contributed by atoms with van der Waals surface area (Å²) >= 11 is 0. The van der Waals surface area contributed by atoms with Crippen molar-refractivity contribution >= 4 is 11.8 Å². The van der Waals surface area contributed by atoms with Gasteiger partial charge in [0, 0.05) is 12.5 Å². The maximum absolute atomic E-state index is 13.2. The summed E-state index contributed by atoms with van der Waals surface area (Å²) in [4.78, 5) is 29.5. The van der Waals surface area contributed by atoms with Gasteiger partial charge in [0.15, 0.2) is 0 Å². The molecule has 1 saturated carbocycles. The van der Waals surface area contributed by atoms with Gasteiger partial charge in [0.05, 0.1) is 19.2 Å². The van der Waals surface area contributed by atoms with Crippen LogP contribution in [0.5, 0.6) is 0 Å². The second-order valence-corrected chi connectivity index (χ2v) is 7.54. The Morgan fingerprint density at radius 1 is 1.04 bits per heavy atom. The number of hydrogen-bond acceptors (Lipinski definition) is 3. The van der Waals surface area contributed by atoms with Gasteiger partial charge in [-0.25, -0.2) is 0 Å². The number of morpholine rings is 1. The topological polar surface area (TPSA) is 49.9 Å². The van der Waals surface area contributed by atoms with E-state index in [2.05, 4.69) is 0 Å². The quantitative estimate of drug-likeness (QED) is 0.847. The van der Waals surface area contributed by atoms with Crippen molar-refractivity contribution in [3.8, 4) is 0 Å². The Morgan fingerprint density at radius 2 is 1.80 bits per heavy atom. The number of carbonyl (C=O) groups excluding carboxylic acids is 2. The van der Waals surface area contributed by atoms with Crippen molar-refractivity contribution in [1.82, 2.24) is 9.80 Å². The van der Waals surface area contributed by atoms with Gasteiger partial charge in [0.25, 0.3) is 0 Å². The zero-order chi connectivity index (χ0) is 17.4. The van der Waals surface area contributed by atoms with E-state index in [0.29, 0.717) is 13.2 Å². The summed E-state index contributed by atoms with van der Waals surface area (Å²) in [7, 11) is 0. The molecule has 0 radical (unpaired) electrons. The Labute approximate surface area is 148 Å². The van der Waals surface area contributed by atoms with Crippen LogP contribution in [0, 0.1) is 5.92 Å². The number of nitrogens with zero attached hydrogens (tertiary/aromatic N) is 2. The molecule has 25 heavy (non-hydrogen) atoms. The Kier molecular flexibility index (Phi) is 4.50. The van der Waals surface area contributed by atoms with Crippen molar-refractivity contribution in [2.75, 3.05) is 19.7 Å². The van der Waals surface area contributed by atoms with Gasteiger partial charge in [0.2, 0.25) is 11.8 Å². The molecular weight excluding hydrogens is 316 g/mol. The van der Waals surface area contributed by atoms with Gasteiger partial charge in [-0.05, 0) is 38.2 Å². The first-order valence-electron chi connectivity index (χ1n) is 9.42. The third-order valence-corrected chi connectivity index (χ3v) is 5.64. The van der Waals surface area contributed by atoms with E-state index < -0.39 is 0 Å². The summed E-state index contributed by atoms with van der Waals surface area (Å²) in [6, 6.07) is 9.84. The summed E-state index contributed by atoms with van der Waals surface area (Å²) in [5, 5.41) is 0. The van der Waals surface area contributed by atoms with E-state index in [1.807, 2.05) is 47.1 Å². The van der Waals surface area contributed by atoms with Crippen molar-refractivity contribution in [3.63, 3.8) is 0 Å². The highest BCUT2D eigenvalue weighted by Gasteiger charge is 2.43. The third-order valence-electron chi connectivity index (χ3n) is 5.64. The van der Waals surface area contributed by atoms with Gasteiger partial charge < -0.3 is 14.5 Å². The Hall–Kier alpha value is -1.88. The minimum absolute atomic E-state index is 0.0472. The van der Waals surface area contributed by atoms with Crippen LogP contribution in [0.3, 0.4) is 0 Å². The molecule has 3 fully saturated rings. The molecule has 2 heterocycles. The maximum Gasteiger partial charge on any atom is 0.245 e. The number of ether oxygens (including phenoxy) is 1. The van der Waals surface area contributed by atoms with Crippen LogP contribution in [-0.4, -0.2) is 53.4 Å². The molecule has 5 nitrogen and oxygen atoms in total. The van der Waals surface area contributed by atoms with Crippen molar-refractivity contribution < 1.29 is 14.3 Å². The van der Waals surface area contributed by atoms with E-state index in [0.717, 1.165) is 37.8 Å². The Balaban J connectivity index is 1.48. The average Bonchev–Trinajstić information content (AvgIpc) is 3.38.